The van der Waals surface area contributed by atoms with Gasteiger partial charge in [0, 0.05) is 12.1 Å². The Morgan fingerprint density at radius 3 is 2.17 bits per heavy atom. The maximum atomic E-state index is 13.5. The molecular formula is C20H24F6N2O2. The average molecular weight is 438 g/mol. The molecule has 2 N–H and O–H groups in total. The molecule has 1 aromatic rings. The van der Waals surface area contributed by atoms with Crippen LogP contribution >= 0.6 is 0 Å². The largest absolute Gasteiger partial charge is 0.496 e. The first-order valence-corrected chi connectivity index (χ1v) is 9.91. The average Bonchev–Trinajstić information content (AvgIpc) is 3.49. The van der Waals surface area contributed by atoms with Crippen LogP contribution in [0.15, 0.2) is 12.1 Å². The molecule has 2 atom stereocenters. The molecule has 2 aliphatic carbocycles. The Morgan fingerprint density at radius 2 is 1.63 bits per heavy atom. The van der Waals surface area contributed by atoms with Gasteiger partial charge in [-0.1, -0.05) is 12.8 Å². The van der Waals surface area contributed by atoms with E-state index in [-0.39, 0.29) is 12.1 Å². The van der Waals surface area contributed by atoms with Crippen LogP contribution < -0.4 is 15.4 Å². The van der Waals surface area contributed by atoms with E-state index in [4.69, 9.17) is 4.74 Å². The molecule has 0 bridgehead atoms. The lowest BCUT2D eigenvalue weighted by Crippen LogP contribution is -2.52. The lowest BCUT2D eigenvalue weighted by molar-refractivity contribution is -0.143. The Bertz CT molecular complexity index is 774. The Balaban J connectivity index is 1.89. The van der Waals surface area contributed by atoms with Gasteiger partial charge in [0.1, 0.15) is 5.75 Å². The molecular weight excluding hydrogens is 414 g/mol. The lowest BCUT2D eigenvalue weighted by Gasteiger charge is -2.33. The summed E-state index contributed by atoms with van der Waals surface area (Å²) in [5.74, 6) is -1.25. The van der Waals surface area contributed by atoms with Gasteiger partial charge in [0.05, 0.1) is 23.8 Å². The number of carbonyl (C=O) groups is 1. The lowest BCUT2D eigenvalue weighted by atomic mass is 9.89. The summed E-state index contributed by atoms with van der Waals surface area (Å²) in [6, 6.07) is -0.106. The minimum atomic E-state index is -5.16. The van der Waals surface area contributed by atoms with Gasteiger partial charge in [-0.2, -0.15) is 26.3 Å². The summed E-state index contributed by atoms with van der Waals surface area (Å²) in [5, 5.41) is 5.99. The van der Waals surface area contributed by atoms with Gasteiger partial charge in [-0.3, -0.25) is 4.79 Å². The molecule has 4 nitrogen and oxygen atoms in total. The Morgan fingerprint density at radius 1 is 1.00 bits per heavy atom. The van der Waals surface area contributed by atoms with E-state index in [1.165, 1.54) is 0 Å². The molecule has 0 radical (unpaired) electrons. The predicted octanol–water partition coefficient (Wildman–Crippen LogP) is 4.77. The molecule has 168 valence electrons. The summed E-state index contributed by atoms with van der Waals surface area (Å²) in [6.45, 7) is 0.786. The molecule has 0 spiro atoms. The third-order valence-corrected chi connectivity index (χ3v) is 5.63. The zero-order valence-corrected chi connectivity index (χ0v) is 16.4. The smallest absolute Gasteiger partial charge is 0.417 e. The van der Waals surface area contributed by atoms with Crippen molar-refractivity contribution in [2.75, 3.05) is 13.7 Å². The van der Waals surface area contributed by atoms with Crippen LogP contribution in [-0.2, 0) is 12.4 Å². The highest BCUT2D eigenvalue weighted by molar-refractivity contribution is 5.99. The fourth-order valence-electron chi connectivity index (χ4n) is 3.83. The van der Waals surface area contributed by atoms with Crippen LogP contribution in [-0.4, -0.2) is 31.6 Å². The quantitative estimate of drug-likeness (QED) is 0.629. The molecule has 0 saturated heterocycles. The molecule has 1 amide bonds. The summed E-state index contributed by atoms with van der Waals surface area (Å²) >= 11 is 0. The Kier molecular flexibility index (Phi) is 6.54. The highest BCUT2D eigenvalue weighted by atomic mass is 19.4. The minimum Gasteiger partial charge on any atom is -0.496 e. The van der Waals surface area contributed by atoms with Crippen molar-refractivity contribution in [1.29, 1.82) is 0 Å². The van der Waals surface area contributed by atoms with Crippen molar-refractivity contribution in [2.45, 2.75) is 63.0 Å². The van der Waals surface area contributed by atoms with E-state index >= 15 is 0 Å². The van der Waals surface area contributed by atoms with Crippen molar-refractivity contribution in [3.8, 4) is 5.75 Å². The van der Waals surface area contributed by atoms with Crippen LogP contribution in [0.4, 0.5) is 26.3 Å². The van der Waals surface area contributed by atoms with E-state index < -0.39 is 46.7 Å². The second-order valence-electron chi connectivity index (χ2n) is 7.92. The number of hydrogen-bond donors (Lipinski definition) is 2. The van der Waals surface area contributed by atoms with Gasteiger partial charge in [-0.25, -0.2) is 0 Å². The van der Waals surface area contributed by atoms with E-state index in [1.807, 2.05) is 0 Å². The standard InChI is InChI=1S/C20H24F6N2O2/c1-30-16-9-12(19(21,22)23)8-13(20(24,25)26)17(16)18(29)28-15-5-3-2-4-14(15)27-10-11-6-7-11/h8-9,11,14-15,27H,2-7,10H2,1H3,(H,28,29)/t14-,15+/m0/s1. The topological polar surface area (TPSA) is 50.4 Å². The molecule has 0 aliphatic heterocycles. The van der Waals surface area contributed by atoms with Crippen LogP contribution in [0.25, 0.3) is 0 Å². The van der Waals surface area contributed by atoms with Crippen molar-refractivity contribution < 1.29 is 35.9 Å². The van der Waals surface area contributed by atoms with Crippen LogP contribution in [0.1, 0.15) is 60.0 Å². The number of alkyl halides is 6. The van der Waals surface area contributed by atoms with Crippen LogP contribution in [0.2, 0.25) is 0 Å². The van der Waals surface area contributed by atoms with Gasteiger partial charge < -0.3 is 15.4 Å². The van der Waals surface area contributed by atoms with Crippen molar-refractivity contribution in [3.05, 3.63) is 28.8 Å². The summed E-state index contributed by atoms with van der Waals surface area (Å²) in [4.78, 5) is 12.8. The molecule has 30 heavy (non-hydrogen) atoms. The monoisotopic (exact) mass is 438 g/mol. The summed E-state index contributed by atoms with van der Waals surface area (Å²) in [6.07, 6.45) is -4.80. The first-order valence-electron chi connectivity index (χ1n) is 9.91. The molecule has 2 fully saturated rings. The number of halogens is 6. The number of ether oxygens (including phenoxy) is 1. The summed E-state index contributed by atoms with van der Waals surface area (Å²) < 4.78 is 84.6. The number of methoxy groups -OCH3 is 1. The number of hydrogen-bond acceptors (Lipinski definition) is 3. The first kappa shape index (κ1) is 22.7. The van der Waals surface area contributed by atoms with Gasteiger partial charge in [0.15, 0.2) is 0 Å². The zero-order valence-electron chi connectivity index (χ0n) is 16.4. The van der Waals surface area contributed by atoms with Crippen LogP contribution in [0.3, 0.4) is 0 Å². The second kappa shape index (κ2) is 8.64. The molecule has 2 saturated carbocycles. The fourth-order valence-corrected chi connectivity index (χ4v) is 3.83. The van der Waals surface area contributed by atoms with Gasteiger partial charge >= 0.3 is 12.4 Å². The van der Waals surface area contributed by atoms with Crippen molar-refractivity contribution in [1.82, 2.24) is 10.6 Å². The molecule has 0 unspecified atom stereocenters. The molecule has 0 heterocycles. The van der Waals surface area contributed by atoms with Gasteiger partial charge in [0.2, 0.25) is 0 Å². The van der Waals surface area contributed by atoms with E-state index in [9.17, 15) is 31.1 Å². The zero-order chi connectivity index (χ0) is 22.1. The molecule has 3 rings (SSSR count). The molecule has 0 aromatic heterocycles. The van der Waals surface area contributed by atoms with E-state index in [0.717, 1.165) is 45.8 Å². The Labute approximate surface area is 170 Å². The highest BCUT2D eigenvalue weighted by Gasteiger charge is 2.42. The Hall–Kier alpha value is -1.97. The molecule has 1 aromatic carbocycles. The highest BCUT2D eigenvalue weighted by Crippen LogP contribution is 2.41. The second-order valence-corrected chi connectivity index (χ2v) is 7.92. The maximum Gasteiger partial charge on any atom is 0.417 e. The molecule has 2 aliphatic rings. The van der Waals surface area contributed by atoms with Crippen molar-refractivity contribution >= 4 is 5.91 Å². The van der Waals surface area contributed by atoms with E-state index in [1.54, 1.807) is 0 Å². The summed E-state index contributed by atoms with van der Waals surface area (Å²) in [5.41, 5.74) is -4.11. The third-order valence-electron chi connectivity index (χ3n) is 5.63. The normalized spacial score (nSPS) is 22.6. The van der Waals surface area contributed by atoms with Crippen LogP contribution in [0, 0.1) is 5.92 Å². The van der Waals surface area contributed by atoms with Crippen molar-refractivity contribution in [3.63, 3.8) is 0 Å². The fraction of sp³-hybridized carbons (Fsp3) is 0.650. The van der Waals surface area contributed by atoms with Crippen molar-refractivity contribution in [2.24, 2.45) is 5.92 Å². The van der Waals surface area contributed by atoms with E-state index in [0.29, 0.717) is 18.4 Å². The number of benzene rings is 1. The van der Waals surface area contributed by atoms with E-state index in [2.05, 4.69) is 10.6 Å². The number of amides is 1. The first-order chi connectivity index (χ1) is 14.0. The minimum absolute atomic E-state index is 0.0405. The summed E-state index contributed by atoms with van der Waals surface area (Å²) in [7, 11) is 0.938. The van der Waals surface area contributed by atoms with Gasteiger partial charge in [0.25, 0.3) is 5.91 Å². The van der Waals surface area contributed by atoms with Gasteiger partial charge in [-0.05, 0) is 50.3 Å². The maximum absolute atomic E-state index is 13.5. The third kappa shape index (κ3) is 5.39. The van der Waals surface area contributed by atoms with Crippen LogP contribution in [0.5, 0.6) is 5.75 Å². The number of rotatable bonds is 6. The van der Waals surface area contributed by atoms with Gasteiger partial charge in [-0.15, -0.1) is 0 Å². The predicted molar refractivity (Wildman–Crippen MR) is 97.2 cm³/mol. The molecule has 10 heteroatoms. The SMILES string of the molecule is COc1cc(C(F)(F)F)cc(C(F)(F)F)c1C(=O)N[C@@H]1CCCC[C@@H]1NCC1CC1. The number of carbonyl (C=O) groups excluding carboxylic acids is 1. The number of nitrogens with one attached hydrogen (secondary N) is 2.